The van der Waals surface area contributed by atoms with Crippen molar-refractivity contribution in [3.8, 4) is 11.5 Å². The second kappa shape index (κ2) is 14.3. The quantitative estimate of drug-likeness (QED) is 0.0761. The zero-order chi connectivity index (χ0) is 29.0. The summed E-state index contributed by atoms with van der Waals surface area (Å²) in [7, 11) is 0. The molecule has 4 rings (SSSR count). The van der Waals surface area contributed by atoms with Crippen LogP contribution in [0.2, 0.25) is 5.02 Å². The van der Waals surface area contributed by atoms with E-state index in [9.17, 15) is 14.4 Å². The summed E-state index contributed by atoms with van der Waals surface area (Å²) < 4.78 is 11.1. The maximum absolute atomic E-state index is 12.5. The van der Waals surface area contributed by atoms with Gasteiger partial charge in [0.1, 0.15) is 0 Å². The zero-order valence-corrected chi connectivity index (χ0v) is 22.8. The topological polar surface area (TPSA) is 106 Å². The average Bonchev–Trinajstić information content (AvgIpc) is 2.98. The van der Waals surface area contributed by atoms with E-state index in [1.807, 2.05) is 37.3 Å². The van der Waals surface area contributed by atoms with Gasteiger partial charge in [-0.05, 0) is 90.9 Å². The minimum atomic E-state index is -0.543. The first-order chi connectivity index (χ1) is 19.9. The summed E-state index contributed by atoms with van der Waals surface area (Å²) >= 11 is 5.86. The van der Waals surface area contributed by atoms with Gasteiger partial charge in [-0.3, -0.25) is 9.59 Å². The lowest BCUT2D eigenvalue weighted by Crippen LogP contribution is -2.18. The third kappa shape index (κ3) is 8.64. The Morgan fingerprint density at radius 1 is 0.805 bits per heavy atom. The Morgan fingerprint density at radius 2 is 1.49 bits per heavy atom. The monoisotopic (exact) mass is 567 g/mol. The standard InChI is InChI=1S/C32H26ClN3O5/c1-2-40-29-20-23(8-18-28(29)41-30(37)19-9-22-6-4-3-5-7-22)21-34-36-32(39)25-12-16-27(17-13-25)35-31(38)24-10-14-26(33)15-11-24/h3-21H,2H2,1H3,(H,35,38)(H,36,39)/b19-9+,34-21-. The second-order valence-corrected chi connectivity index (χ2v) is 8.98. The number of amides is 2. The highest BCUT2D eigenvalue weighted by atomic mass is 35.5. The maximum Gasteiger partial charge on any atom is 0.336 e. The summed E-state index contributed by atoms with van der Waals surface area (Å²) in [6.07, 6.45) is 4.45. The normalized spacial score (nSPS) is 10.9. The highest BCUT2D eigenvalue weighted by Gasteiger charge is 2.11. The predicted octanol–water partition coefficient (Wildman–Crippen LogP) is 6.37. The molecular formula is C32H26ClN3O5. The van der Waals surface area contributed by atoms with E-state index in [1.165, 1.54) is 12.3 Å². The molecule has 2 amide bonds. The molecule has 0 aliphatic heterocycles. The van der Waals surface area contributed by atoms with Crippen LogP contribution in [-0.2, 0) is 4.79 Å². The lowest BCUT2D eigenvalue weighted by atomic mass is 10.1. The van der Waals surface area contributed by atoms with E-state index in [4.69, 9.17) is 21.1 Å². The molecule has 8 nitrogen and oxygen atoms in total. The van der Waals surface area contributed by atoms with Crippen LogP contribution in [0.4, 0.5) is 5.69 Å². The van der Waals surface area contributed by atoms with Gasteiger partial charge in [-0.25, -0.2) is 10.2 Å². The highest BCUT2D eigenvalue weighted by Crippen LogP contribution is 2.28. The number of nitrogens with zero attached hydrogens (tertiary/aromatic N) is 1. The number of carbonyl (C=O) groups is 3. The van der Waals surface area contributed by atoms with Gasteiger partial charge in [0, 0.05) is 27.9 Å². The maximum atomic E-state index is 12.5. The van der Waals surface area contributed by atoms with Gasteiger partial charge in [0.15, 0.2) is 11.5 Å². The van der Waals surface area contributed by atoms with Gasteiger partial charge >= 0.3 is 5.97 Å². The minimum Gasteiger partial charge on any atom is -0.490 e. The van der Waals surface area contributed by atoms with Gasteiger partial charge in [-0.1, -0.05) is 41.9 Å². The smallest absolute Gasteiger partial charge is 0.336 e. The molecule has 0 fully saturated rings. The molecule has 4 aromatic rings. The third-order valence-corrected chi connectivity index (χ3v) is 5.83. The number of ether oxygens (including phenoxy) is 2. The fourth-order valence-corrected chi connectivity index (χ4v) is 3.69. The van der Waals surface area contributed by atoms with Crippen molar-refractivity contribution in [3.63, 3.8) is 0 Å². The molecular weight excluding hydrogens is 542 g/mol. The average molecular weight is 568 g/mol. The first-order valence-electron chi connectivity index (χ1n) is 12.6. The van der Waals surface area contributed by atoms with Crippen LogP contribution in [0.25, 0.3) is 6.08 Å². The number of carbonyl (C=O) groups excluding carboxylic acids is 3. The SMILES string of the molecule is CCOc1cc(/C=N\NC(=O)c2ccc(NC(=O)c3ccc(Cl)cc3)cc2)ccc1OC(=O)/C=C/c1ccccc1. The number of nitrogens with one attached hydrogen (secondary N) is 2. The molecule has 0 aliphatic rings. The Morgan fingerprint density at radius 3 is 2.20 bits per heavy atom. The molecule has 0 bridgehead atoms. The number of anilines is 1. The van der Waals surface area contributed by atoms with Gasteiger partial charge < -0.3 is 14.8 Å². The summed E-state index contributed by atoms with van der Waals surface area (Å²) in [6, 6.07) is 27.2. The van der Waals surface area contributed by atoms with Crippen LogP contribution in [-0.4, -0.2) is 30.6 Å². The van der Waals surface area contributed by atoms with Crippen LogP contribution in [0.3, 0.4) is 0 Å². The Kier molecular flexibility index (Phi) is 10.0. The molecule has 0 unspecified atom stereocenters. The van der Waals surface area contributed by atoms with E-state index in [1.54, 1.807) is 72.8 Å². The van der Waals surface area contributed by atoms with Crippen molar-refractivity contribution in [3.05, 3.63) is 130 Å². The molecule has 0 saturated carbocycles. The lowest BCUT2D eigenvalue weighted by molar-refractivity contribution is -0.129. The number of halogens is 1. The number of hydrogen-bond donors (Lipinski definition) is 2. The Labute approximate surface area is 242 Å². The van der Waals surface area contributed by atoms with Crippen LogP contribution in [0.5, 0.6) is 11.5 Å². The van der Waals surface area contributed by atoms with Crippen molar-refractivity contribution >= 4 is 47.4 Å². The van der Waals surface area contributed by atoms with E-state index in [0.717, 1.165) is 5.56 Å². The van der Waals surface area contributed by atoms with Crippen molar-refractivity contribution in [1.82, 2.24) is 5.43 Å². The molecule has 9 heteroatoms. The molecule has 0 spiro atoms. The molecule has 0 aliphatic carbocycles. The van der Waals surface area contributed by atoms with Crippen molar-refractivity contribution in [1.29, 1.82) is 0 Å². The van der Waals surface area contributed by atoms with Crippen molar-refractivity contribution in [2.45, 2.75) is 6.92 Å². The van der Waals surface area contributed by atoms with Gasteiger partial charge in [0.05, 0.1) is 12.8 Å². The zero-order valence-electron chi connectivity index (χ0n) is 22.0. The molecule has 0 saturated heterocycles. The number of hydrazone groups is 1. The van der Waals surface area contributed by atoms with E-state index in [0.29, 0.717) is 39.8 Å². The second-order valence-electron chi connectivity index (χ2n) is 8.54. The van der Waals surface area contributed by atoms with Crippen LogP contribution in [0, 0.1) is 0 Å². The van der Waals surface area contributed by atoms with E-state index in [-0.39, 0.29) is 11.7 Å². The number of esters is 1. The van der Waals surface area contributed by atoms with E-state index in [2.05, 4.69) is 15.8 Å². The van der Waals surface area contributed by atoms with Gasteiger partial charge in [-0.2, -0.15) is 5.10 Å². The van der Waals surface area contributed by atoms with Crippen molar-refractivity contribution in [2.75, 3.05) is 11.9 Å². The fraction of sp³-hybridized carbons (Fsp3) is 0.0625. The van der Waals surface area contributed by atoms with Crippen LogP contribution in [0.15, 0.2) is 108 Å². The molecule has 2 N–H and O–H groups in total. The Bertz CT molecular complexity index is 1570. The minimum absolute atomic E-state index is 0.263. The largest absolute Gasteiger partial charge is 0.490 e. The number of benzene rings is 4. The van der Waals surface area contributed by atoms with E-state index < -0.39 is 11.9 Å². The highest BCUT2D eigenvalue weighted by molar-refractivity contribution is 6.30. The molecule has 0 atom stereocenters. The van der Waals surface area contributed by atoms with Gasteiger partial charge in [0.2, 0.25) is 0 Å². The summed E-state index contributed by atoms with van der Waals surface area (Å²) in [5.41, 5.74) is 5.31. The van der Waals surface area contributed by atoms with Crippen LogP contribution in [0.1, 0.15) is 38.8 Å². The van der Waals surface area contributed by atoms with Crippen LogP contribution >= 0.6 is 11.6 Å². The molecule has 206 valence electrons. The van der Waals surface area contributed by atoms with Crippen molar-refractivity contribution < 1.29 is 23.9 Å². The summed E-state index contributed by atoms with van der Waals surface area (Å²) in [5, 5.41) is 7.32. The Balaban J connectivity index is 1.33. The van der Waals surface area contributed by atoms with Crippen molar-refractivity contribution in [2.24, 2.45) is 5.10 Å². The molecule has 4 aromatic carbocycles. The first-order valence-corrected chi connectivity index (χ1v) is 13.0. The fourth-order valence-electron chi connectivity index (χ4n) is 3.57. The number of rotatable bonds is 10. The van der Waals surface area contributed by atoms with Gasteiger partial charge in [-0.15, -0.1) is 0 Å². The van der Waals surface area contributed by atoms with E-state index >= 15 is 0 Å². The summed E-state index contributed by atoms with van der Waals surface area (Å²) in [4.78, 5) is 37.2. The molecule has 0 aromatic heterocycles. The lowest BCUT2D eigenvalue weighted by Gasteiger charge is -2.10. The Hall–Kier alpha value is -5.21. The van der Waals surface area contributed by atoms with Crippen LogP contribution < -0.4 is 20.2 Å². The predicted molar refractivity (Wildman–Crippen MR) is 160 cm³/mol. The van der Waals surface area contributed by atoms with Gasteiger partial charge in [0.25, 0.3) is 11.8 Å². The molecule has 41 heavy (non-hydrogen) atoms. The third-order valence-electron chi connectivity index (χ3n) is 5.58. The number of hydrogen-bond acceptors (Lipinski definition) is 6. The first kappa shape index (κ1) is 28.8. The summed E-state index contributed by atoms with van der Waals surface area (Å²) in [5.74, 6) is -0.643. The molecule has 0 heterocycles. The molecule has 0 radical (unpaired) electrons. The summed E-state index contributed by atoms with van der Waals surface area (Å²) in [6.45, 7) is 2.17.